The molecule has 18 heavy (non-hydrogen) atoms. The van der Waals surface area contributed by atoms with Gasteiger partial charge in [0.15, 0.2) is 5.11 Å². The van der Waals surface area contributed by atoms with E-state index in [2.05, 4.69) is 10.6 Å². The molecular formula is C14H14N2OS. The number of fused-ring (bicyclic) bond motifs is 1. The van der Waals surface area contributed by atoms with Gasteiger partial charge in [-0.05, 0) is 42.0 Å². The van der Waals surface area contributed by atoms with Gasteiger partial charge in [0.25, 0.3) is 5.91 Å². The Morgan fingerprint density at radius 2 is 1.89 bits per heavy atom. The zero-order valence-corrected chi connectivity index (χ0v) is 10.9. The van der Waals surface area contributed by atoms with E-state index in [1.807, 2.05) is 43.3 Å². The summed E-state index contributed by atoms with van der Waals surface area (Å²) in [4.78, 5) is 11.9. The number of carbonyl (C=O) groups excluding carboxylic acids is 1. The van der Waals surface area contributed by atoms with E-state index in [1.54, 1.807) is 6.07 Å². The summed E-state index contributed by atoms with van der Waals surface area (Å²) >= 11 is 4.98. The van der Waals surface area contributed by atoms with Gasteiger partial charge in [0, 0.05) is 12.1 Å². The molecule has 1 amide bonds. The Morgan fingerprint density at radius 3 is 2.61 bits per heavy atom. The normalized spacial score (nSPS) is 10.1. The van der Waals surface area contributed by atoms with Crippen molar-refractivity contribution >= 4 is 34.0 Å². The molecule has 0 aliphatic rings. The zero-order valence-electron chi connectivity index (χ0n) is 10.1. The first-order valence-electron chi connectivity index (χ1n) is 5.78. The Hall–Kier alpha value is -1.94. The van der Waals surface area contributed by atoms with E-state index in [0.29, 0.717) is 17.2 Å². The first kappa shape index (κ1) is 12.5. The highest BCUT2D eigenvalue weighted by atomic mass is 32.1. The summed E-state index contributed by atoms with van der Waals surface area (Å²) in [5.74, 6) is -0.188. The first-order chi connectivity index (χ1) is 8.70. The number of nitrogens with one attached hydrogen (secondary N) is 2. The van der Waals surface area contributed by atoms with Crippen molar-refractivity contribution < 1.29 is 4.79 Å². The molecule has 4 heteroatoms. The fourth-order valence-corrected chi connectivity index (χ4v) is 1.95. The molecule has 0 bridgehead atoms. The lowest BCUT2D eigenvalue weighted by Crippen LogP contribution is -2.38. The average Bonchev–Trinajstić information content (AvgIpc) is 2.38. The summed E-state index contributed by atoms with van der Waals surface area (Å²) in [7, 11) is 0. The minimum atomic E-state index is -0.188. The number of carbonyl (C=O) groups is 1. The van der Waals surface area contributed by atoms with Gasteiger partial charge in [0.1, 0.15) is 0 Å². The van der Waals surface area contributed by atoms with Crippen LogP contribution in [0.3, 0.4) is 0 Å². The van der Waals surface area contributed by atoms with E-state index in [4.69, 9.17) is 12.2 Å². The van der Waals surface area contributed by atoms with E-state index in [0.717, 1.165) is 10.8 Å². The fourth-order valence-electron chi connectivity index (χ4n) is 1.71. The standard InChI is InChI=1S/C14H14N2OS/c1-2-15-14(18)16-13(17)12-8-7-10-5-3-4-6-11(10)9-12/h3-9H,2H2,1H3,(H2,15,16,17,18). The maximum atomic E-state index is 11.9. The molecule has 0 aromatic heterocycles. The van der Waals surface area contributed by atoms with Crippen LogP contribution in [0, 0.1) is 0 Å². The van der Waals surface area contributed by atoms with Gasteiger partial charge in [-0.15, -0.1) is 0 Å². The Morgan fingerprint density at radius 1 is 1.17 bits per heavy atom. The molecule has 0 saturated carbocycles. The SMILES string of the molecule is CCNC(=S)NC(=O)c1ccc2ccccc2c1. The van der Waals surface area contributed by atoms with Gasteiger partial charge in [-0.25, -0.2) is 0 Å². The molecule has 0 radical (unpaired) electrons. The molecule has 0 atom stereocenters. The van der Waals surface area contributed by atoms with Crippen molar-refractivity contribution in [1.29, 1.82) is 0 Å². The number of hydrogen-bond donors (Lipinski definition) is 2. The second kappa shape index (κ2) is 5.60. The van der Waals surface area contributed by atoms with Crippen LogP contribution in [0.1, 0.15) is 17.3 Å². The van der Waals surface area contributed by atoms with Crippen LogP contribution in [0.5, 0.6) is 0 Å². The Bertz CT molecular complexity index is 595. The van der Waals surface area contributed by atoms with Gasteiger partial charge in [0.05, 0.1) is 0 Å². The molecule has 2 rings (SSSR count). The quantitative estimate of drug-likeness (QED) is 0.813. The van der Waals surface area contributed by atoms with Gasteiger partial charge in [-0.1, -0.05) is 30.3 Å². The smallest absolute Gasteiger partial charge is 0.257 e. The molecule has 92 valence electrons. The number of rotatable bonds is 2. The van der Waals surface area contributed by atoms with Crippen molar-refractivity contribution in [2.75, 3.05) is 6.54 Å². The van der Waals surface area contributed by atoms with Gasteiger partial charge in [-0.2, -0.15) is 0 Å². The fraction of sp³-hybridized carbons (Fsp3) is 0.143. The third-order valence-corrected chi connectivity index (χ3v) is 2.82. The summed E-state index contributed by atoms with van der Waals surface area (Å²) in [6.45, 7) is 2.62. The Kier molecular flexibility index (Phi) is 3.89. The van der Waals surface area contributed by atoms with Gasteiger partial charge in [0.2, 0.25) is 0 Å². The summed E-state index contributed by atoms with van der Waals surface area (Å²) in [6.07, 6.45) is 0. The van der Waals surface area contributed by atoms with E-state index < -0.39 is 0 Å². The van der Waals surface area contributed by atoms with Crippen LogP contribution >= 0.6 is 12.2 Å². The van der Waals surface area contributed by atoms with Crippen LogP contribution in [0.25, 0.3) is 10.8 Å². The second-order valence-electron chi connectivity index (χ2n) is 3.88. The molecule has 3 nitrogen and oxygen atoms in total. The summed E-state index contributed by atoms with van der Waals surface area (Å²) in [5.41, 5.74) is 0.606. The zero-order chi connectivity index (χ0) is 13.0. The van der Waals surface area contributed by atoms with Gasteiger partial charge < -0.3 is 5.32 Å². The minimum absolute atomic E-state index is 0.188. The predicted octanol–water partition coefficient (Wildman–Crippen LogP) is 2.46. The third-order valence-electron chi connectivity index (χ3n) is 2.58. The molecule has 0 saturated heterocycles. The summed E-state index contributed by atoms with van der Waals surface area (Å²) < 4.78 is 0. The van der Waals surface area contributed by atoms with Crippen LogP contribution < -0.4 is 10.6 Å². The van der Waals surface area contributed by atoms with E-state index in [-0.39, 0.29) is 5.91 Å². The Balaban J connectivity index is 2.20. The predicted molar refractivity (Wildman–Crippen MR) is 77.7 cm³/mol. The molecule has 0 spiro atoms. The van der Waals surface area contributed by atoms with Crippen molar-refractivity contribution in [3.8, 4) is 0 Å². The van der Waals surface area contributed by atoms with Gasteiger partial charge >= 0.3 is 0 Å². The summed E-state index contributed by atoms with van der Waals surface area (Å²) in [6, 6.07) is 13.5. The van der Waals surface area contributed by atoms with E-state index >= 15 is 0 Å². The maximum Gasteiger partial charge on any atom is 0.257 e. The highest BCUT2D eigenvalue weighted by Crippen LogP contribution is 2.15. The molecule has 2 aromatic rings. The van der Waals surface area contributed by atoms with E-state index in [9.17, 15) is 4.79 Å². The van der Waals surface area contributed by atoms with Crippen LogP contribution in [0.15, 0.2) is 42.5 Å². The lowest BCUT2D eigenvalue weighted by Gasteiger charge is -2.08. The average molecular weight is 258 g/mol. The molecule has 0 aliphatic carbocycles. The van der Waals surface area contributed by atoms with Crippen LogP contribution in [-0.4, -0.2) is 17.6 Å². The molecule has 0 aliphatic heterocycles. The number of hydrogen-bond acceptors (Lipinski definition) is 2. The monoisotopic (exact) mass is 258 g/mol. The Labute approximate surface area is 111 Å². The highest BCUT2D eigenvalue weighted by Gasteiger charge is 2.07. The number of benzene rings is 2. The lowest BCUT2D eigenvalue weighted by molar-refractivity contribution is 0.0977. The molecular weight excluding hydrogens is 244 g/mol. The van der Waals surface area contributed by atoms with E-state index in [1.165, 1.54) is 0 Å². The van der Waals surface area contributed by atoms with Crippen molar-refractivity contribution in [1.82, 2.24) is 10.6 Å². The van der Waals surface area contributed by atoms with Crippen molar-refractivity contribution in [2.24, 2.45) is 0 Å². The second-order valence-corrected chi connectivity index (χ2v) is 4.28. The summed E-state index contributed by atoms with van der Waals surface area (Å²) in [5, 5.41) is 8.04. The third kappa shape index (κ3) is 2.84. The largest absolute Gasteiger partial charge is 0.363 e. The van der Waals surface area contributed by atoms with Crippen LogP contribution in [-0.2, 0) is 0 Å². The molecule has 2 N–H and O–H groups in total. The molecule has 0 heterocycles. The molecule has 0 fully saturated rings. The minimum Gasteiger partial charge on any atom is -0.363 e. The van der Waals surface area contributed by atoms with Crippen molar-refractivity contribution in [2.45, 2.75) is 6.92 Å². The topological polar surface area (TPSA) is 41.1 Å². The van der Waals surface area contributed by atoms with Crippen LogP contribution in [0.2, 0.25) is 0 Å². The lowest BCUT2D eigenvalue weighted by atomic mass is 10.1. The molecule has 2 aromatic carbocycles. The first-order valence-corrected chi connectivity index (χ1v) is 6.19. The van der Waals surface area contributed by atoms with Crippen molar-refractivity contribution in [3.63, 3.8) is 0 Å². The highest BCUT2D eigenvalue weighted by molar-refractivity contribution is 7.80. The van der Waals surface area contributed by atoms with Crippen molar-refractivity contribution in [3.05, 3.63) is 48.0 Å². The van der Waals surface area contributed by atoms with Crippen LogP contribution in [0.4, 0.5) is 0 Å². The number of thiocarbonyl (C=S) groups is 1. The molecule has 0 unspecified atom stereocenters. The maximum absolute atomic E-state index is 11.9. The van der Waals surface area contributed by atoms with Gasteiger partial charge in [-0.3, -0.25) is 10.1 Å². The number of amides is 1.